The van der Waals surface area contributed by atoms with Crippen molar-refractivity contribution in [2.45, 2.75) is 25.3 Å². The van der Waals surface area contributed by atoms with Crippen molar-refractivity contribution in [3.63, 3.8) is 0 Å². The summed E-state index contributed by atoms with van der Waals surface area (Å²) >= 11 is 6.04. The average Bonchev–Trinajstić information content (AvgIpc) is 2.98. The highest BCUT2D eigenvalue weighted by atomic mass is 35.5. The second kappa shape index (κ2) is 9.74. The quantitative estimate of drug-likeness (QED) is 0.425. The van der Waals surface area contributed by atoms with E-state index >= 15 is 0 Å². The van der Waals surface area contributed by atoms with Gasteiger partial charge in [-0.2, -0.15) is 0 Å². The second-order valence-electron chi connectivity index (χ2n) is 6.86. The van der Waals surface area contributed by atoms with Crippen molar-refractivity contribution >= 4 is 33.4 Å². The molecule has 0 N–H and O–H groups in total. The molecule has 0 unspecified atom stereocenters. The highest BCUT2D eigenvalue weighted by molar-refractivity contribution is 7.89. The molecule has 8 nitrogen and oxygen atoms in total. The molecular weight excluding hydrogens is 432 g/mol. The van der Waals surface area contributed by atoms with Crippen LogP contribution < -0.4 is 0 Å². The zero-order valence-electron chi connectivity index (χ0n) is 17.6. The number of rotatable bonds is 9. The van der Waals surface area contributed by atoms with E-state index in [0.717, 1.165) is 21.8 Å². The SMILES string of the molecule is COCCn1c(C)cc(C(=O)COC(=O)c2cc(S(=O)(=O)N(C)C)ccc2Cl)c1C. The van der Waals surface area contributed by atoms with Crippen LogP contribution in [0.4, 0.5) is 0 Å². The minimum absolute atomic E-state index is 0.0305. The van der Waals surface area contributed by atoms with Gasteiger partial charge in [0.25, 0.3) is 0 Å². The van der Waals surface area contributed by atoms with Gasteiger partial charge in [-0.1, -0.05) is 11.6 Å². The Labute approximate surface area is 181 Å². The fourth-order valence-electron chi connectivity index (χ4n) is 2.93. The Morgan fingerprint density at radius 2 is 1.80 bits per heavy atom. The summed E-state index contributed by atoms with van der Waals surface area (Å²) < 4.78 is 37.7. The number of carbonyl (C=O) groups excluding carboxylic acids is 2. The molecule has 2 rings (SSSR count). The predicted molar refractivity (Wildman–Crippen MR) is 113 cm³/mol. The molecule has 0 aliphatic rings. The lowest BCUT2D eigenvalue weighted by molar-refractivity contribution is 0.0474. The van der Waals surface area contributed by atoms with Crippen molar-refractivity contribution in [2.24, 2.45) is 0 Å². The lowest BCUT2D eigenvalue weighted by atomic mass is 10.1. The number of nitrogens with zero attached hydrogens (tertiary/aromatic N) is 2. The highest BCUT2D eigenvalue weighted by Gasteiger charge is 2.23. The van der Waals surface area contributed by atoms with Crippen LogP contribution in [0.25, 0.3) is 0 Å². The van der Waals surface area contributed by atoms with E-state index in [-0.39, 0.29) is 21.3 Å². The maximum absolute atomic E-state index is 12.6. The number of ketones is 1. The van der Waals surface area contributed by atoms with Crippen LogP contribution in [0.1, 0.15) is 32.1 Å². The molecule has 0 saturated carbocycles. The van der Waals surface area contributed by atoms with E-state index in [2.05, 4.69) is 0 Å². The standard InChI is InChI=1S/C20H25ClN2O6S/c1-13-10-16(14(2)23(13)8-9-28-5)19(24)12-29-20(25)17-11-15(6-7-18(17)21)30(26,27)22(3)4/h6-7,10-11H,8-9,12H2,1-5H3. The number of esters is 1. The minimum Gasteiger partial charge on any atom is -0.454 e. The summed E-state index contributed by atoms with van der Waals surface area (Å²) in [7, 11) is 0.606. The smallest absolute Gasteiger partial charge is 0.340 e. The van der Waals surface area contributed by atoms with Crippen LogP contribution in [-0.2, 0) is 26.0 Å². The van der Waals surface area contributed by atoms with Crippen molar-refractivity contribution in [1.82, 2.24) is 8.87 Å². The molecule has 1 heterocycles. The summed E-state index contributed by atoms with van der Waals surface area (Å²) in [5.41, 5.74) is 1.97. The van der Waals surface area contributed by atoms with Crippen LogP contribution in [0.5, 0.6) is 0 Å². The normalized spacial score (nSPS) is 11.7. The van der Waals surface area contributed by atoms with E-state index in [9.17, 15) is 18.0 Å². The molecule has 0 aliphatic carbocycles. The first-order valence-electron chi connectivity index (χ1n) is 9.08. The maximum atomic E-state index is 12.6. The third kappa shape index (κ3) is 5.10. The zero-order valence-corrected chi connectivity index (χ0v) is 19.1. The molecule has 0 spiro atoms. The lowest BCUT2D eigenvalue weighted by Crippen LogP contribution is -2.22. The van der Waals surface area contributed by atoms with E-state index in [4.69, 9.17) is 21.1 Å². The summed E-state index contributed by atoms with van der Waals surface area (Å²) in [5.74, 6) is -1.24. The number of aromatic nitrogens is 1. The number of Topliss-reactive ketones (excluding diaryl/α,β-unsaturated/α-hetero) is 1. The molecule has 0 saturated heterocycles. The Morgan fingerprint density at radius 1 is 1.13 bits per heavy atom. The Morgan fingerprint density at radius 3 is 2.40 bits per heavy atom. The Bertz CT molecular complexity index is 1060. The molecular formula is C20H25ClN2O6S. The van der Waals surface area contributed by atoms with Gasteiger partial charge < -0.3 is 14.0 Å². The van der Waals surface area contributed by atoms with Gasteiger partial charge in [-0.15, -0.1) is 0 Å². The van der Waals surface area contributed by atoms with Crippen molar-refractivity contribution in [3.8, 4) is 0 Å². The van der Waals surface area contributed by atoms with Crippen LogP contribution >= 0.6 is 11.6 Å². The van der Waals surface area contributed by atoms with Gasteiger partial charge in [0, 0.05) is 44.7 Å². The molecule has 0 aliphatic heterocycles. The summed E-state index contributed by atoms with van der Waals surface area (Å²) in [5, 5.41) is 0.0305. The number of hydrogen-bond donors (Lipinski definition) is 0. The summed E-state index contributed by atoms with van der Waals surface area (Å²) in [6, 6.07) is 5.48. The van der Waals surface area contributed by atoms with E-state index in [1.807, 2.05) is 18.4 Å². The number of aryl methyl sites for hydroxylation is 1. The van der Waals surface area contributed by atoms with E-state index in [0.29, 0.717) is 18.7 Å². The minimum atomic E-state index is -3.75. The number of carbonyl (C=O) groups is 2. The van der Waals surface area contributed by atoms with Gasteiger partial charge in [-0.25, -0.2) is 17.5 Å². The van der Waals surface area contributed by atoms with Crippen molar-refractivity contribution < 1.29 is 27.5 Å². The third-order valence-electron chi connectivity index (χ3n) is 4.66. The number of benzene rings is 1. The first-order chi connectivity index (χ1) is 14.0. The predicted octanol–water partition coefficient (Wildman–Crippen LogP) is 2.69. The fourth-order valence-corrected chi connectivity index (χ4v) is 4.05. The van der Waals surface area contributed by atoms with Crippen LogP contribution in [-0.4, -0.2) is 63.5 Å². The Balaban J connectivity index is 2.17. The van der Waals surface area contributed by atoms with Crippen molar-refractivity contribution in [2.75, 3.05) is 34.4 Å². The lowest BCUT2D eigenvalue weighted by Gasteiger charge is -2.13. The first-order valence-corrected chi connectivity index (χ1v) is 10.9. The van der Waals surface area contributed by atoms with Gasteiger partial charge in [0.15, 0.2) is 6.61 Å². The summed E-state index contributed by atoms with van der Waals surface area (Å²) in [6.45, 7) is 4.30. The van der Waals surface area contributed by atoms with Crippen molar-refractivity contribution in [3.05, 3.63) is 51.8 Å². The largest absolute Gasteiger partial charge is 0.454 e. The molecule has 0 fully saturated rings. The van der Waals surface area contributed by atoms with E-state index in [1.54, 1.807) is 13.2 Å². The number of sulfonamides is 1. The maximum Gasteiger partial charge on any atom is 0.340 e. The molecule has 2 aromatic rings. The molecule has 1 aromatic heterocycles. The Kier molecular flexibility index (Phi) is 7.81. The average molecular weight is 457 g/mol. The van der Waals surface area contributed by atoms with E-state index in [1.165, 1.54) is 26.2 Å². The third-order valence-corrected chi connectivity index (χ3v) is 6.80. The van der Waals surface area contributed by atoms with E-state index < -0.39 is 22.6 Å². The van der Waals surface area contributed by atoms with Gasteiger partial charge in [0.1, 0.15) is 0 Å². The zero-order chi connectivity index (χ0) is 22.6. The van der Waals surface area contributed by atoms with Gasteiger partial charge in [-0.05, 0) is 38.1 Å². The summed E-state index contributed by atoms with van der Waals surface area (Å²) in [6.07, 6.45) is 0. The van der Waals surface area contributed by atoms with Crippen LogP contribution in [0.2, 0.25) is 5.02 Å². The van der Waals surface area contributed by atoms with Crippen LogP contribution in [0.3, 0.4) is 0 Å². The molecule has 10 heteroatoms. The van der Waals surface area contributed by atoms with Gasteiger partial charge in [-0.3, -0.25) is 4.79 Å². The highest BCUT2D eigenvalue weighted by Crippen LogP contribution is 2.23. The first kappa shape index (κ1) is 24.1. The number of halogens is 1. The molecule has 30 heavy (non-hydrogen) atoms. The van der Waals surface area contributed by atoms with Crippen LogP contribution in [0, 0.1) is 13.8 Å². The van der Waals surface area contributed by atoms with Crippen molar-refractivity contribution in [1.29, 1.82) is 0 Å². The van der Waals surface area contributed by atoms with Gasteiger partial charge in [0.05, 0.1) is 22.1 Å². The second-order valence-corrected chi connectivity index (χ2v) is 9.42. The molecule has 0 atom stereocenters. The Hall–Kier alpha value is -2.20. The molecule has 1 aromatic carbocycles. The molecule has 0 radical (unpaired) electrons. The molecule has 0 amide bonds. The molecule has 164 valence electrons. The number of methoxy groups -OCH3 is 1. The topological polar surface area (TPSA) is 94.9 Å². The fraction of sp³-hybridized carbons (Fsp3) is 0.400. The van der Waals surface area contributed by atoms with Gasteiger partial charge in [0.2, 0.25) is 15.8 Å². The van der Waals surface area contributed by atoms with Crippen LogP contribution in [0.15, 0.2) is 29.2 Å². The number of hydrogen-bond acceptors (Lipinski definition) is 6. The van der Waals surface area contributed by atoms with Gasteiger partial charge >= 0.3 is 5.97 Å². The molecule has 0 bridgehead atoms. The number of ether oxygens (including phenoxy) is 2. The summed E-state index contributed by atoms with van der Waals surface area (Å²) in [4.78, 5) is 24.9. The monoisotopic (exact) mass is 456 g/mol.